The molecule has 2 N–H and O–H groups in total. The van der Waals surface area contributed by atoms with Crippen LogP contribution >= 0.6 is 0 Å². The van der Waals surface area contributed by atoms with Crippen molar-refractivity contribution < 1.29 is 19.8 Å². The molecule has 0 spiro atoms. The summed E-state index contributed by atoms with van der Waals surface area (Å²) in [4.78, 5) is 22.2. The molecule has 0 aromatic carbocycles. The van der Waals surface area contributed by atoms with Gasteiger partial charge < -0.3 is 10.2 Å². The van der Waals surface area contributed by atoms with Crippen LogP contribution in [-0.2, 0) is 9.59 Å². The van der Waals surface area contributed by atoms with Gasteiger partial charge >= 0.3 is 11.9 Å². The maximum absolute atomic E-state index is 11.2. The molecule has 14 heavy (non-hydrogen) atoms. The fraction of sp³-hybridized carbons (Fsp3) is 0.800. The van der Waals surface area contributed by atoms with Crippen LogP contribution in [0.4, 0.5) is 0 Å². The van der Waals surface area contributed by atoms with E-state index in [0.29, 0.717) is 0 Å². The van der Waals surface area contributed by atoms with Gasteiger partial charge in [-0.1, -0.05) is 0 Å². The topological polar surface area (TPSA) is 74.6 Å². The van der Waals surface area contributed by atoms with E-state index in [1.54, 1.807) is 6.92 Å². The second-order valence-corrected chi connectivity index (χ2v) is 4.67. The standard InChI is InChI=1S/C10H14O4/c1-10(9(13)14)6-3-2-5(4-6)7(10)8(11)12/h5-7H,2-4H2,1H3,(H,11,12)(H,13,14)/t5-,6+,7+,10+/m0/s1. The zero-order valence-electron chi connectivity index (χ0n) is 8.06. The van der Waals surface area contributed by atoms with Crippen molar-refractivity contribution in [2.24, 2.45) is 23.2 Å². The number of hydrogen-bond acceptors (Lipinski definition) is 2. The SMILES string of the molecule is C[C@@]1(C(=O)O)[C@@H]2CC[C@@H](C2)[C@@H]1C(=O)O. The molecule has 2 bridgehead atoms. The molecule has 4 atom stereocenters. The number of carboxylic acid groups (broad SMARTS) is 2. The van der Waals surface area contributed by atoms with Crippen LogP contribution in [0.5, 0.6) is 0 Å². The second kappa shape index (κ2) is 2.72. The quantitative estimate of drug-likeness (QED) is 0.699. The summed E-state index contributed by atoms with van der Waals surface area (Å²) in [7, 11) is 0. The van der Waals surface area contributed by atoms with Gasteiger partial charge in [0.25, 0.3) is 0 Å². The van der Waals surface area contributed by atoms with Crippen molar-refractivity contribution in [1.29, 1.82) is 0 Å². The Morgan fingerprint density at radius 2 is 1.93 bits per heavy atom. The molecule has 4 nitrogen and oxygen atoms in total. The number of carbonyl (C=O) groups is 2. The van der Waals surface area contributed by atoms with E-state index >= 15 is 0 Å². The van der Waals surface area contributed by atoms with E-state index in [-0.39, 0.29) is 11.8 Å². The maximum atomic E-state index is 11.2. The Morgan fingerprint density at radius 3 is 2.36 bits per heavy atom. The Kier molecular flexibility index (Phi) is 1.84. The largest absolute Gasteiger partial charge is 0.481 e. The first kappa shape index (κ1) is 9.49. The molecule has 0 radical (unpaired) electrons. The van der Waals surface area contributed by atoms with Gasteiger partial charge in [0, 0.05) is 0 Å². The first-order valence-corrected chi connectivity index (χ1v) is 4.94. The van der Waals surface area contributed by atoms with Crippen molar-refractivity contribution >= 4 is 11.9 Å². The molecule has 0 amide bonds. The molecule has 0 unspecified atom stereocenters. The minimum atomic E-state index is -1.03. The van der Waals surface area contributed by atoms with Crippen molar-refractivity contribution in [2.75, 3.05) is 0 Å². The molecular weight excluding hydrogens is 184 g/mol. The van der Waals surface area contributed by atoms with E-state index in [2.05, 4.69) is 0 Å². The summed E-state index contributed by atoms with van der Waals surface area (Å²) in [6.07, 6.45) is 2.53. The lowest BCUT2D eigenvalue weighted by molar-refractivity contribution is -0.165. The van der Waals surface area contributed by atoms with Crippen LogP contribution in [0.15, 0.2) is 0 Å². The van der Waals surface area contributed by atoms with Gasteiger partial charge in [-0.25, -0.2) is 0 Å². The van der Waals surface area contributed by atoms with Crippen molar-refractivity contribution in [2.45, 2.75) is 26.2 Å². The van der Waals surface area contributed by atoms with Gasteiger partial charge in [-0.3, -0.25) is 9.59 Å². The summed E-state index contributed by atoms with van der Waals surface area (Å²) in [5.41, 5.74) is -1.03. The highest BCUT2D eigenvalue weighted by Crippen LogP contribution is 2.59. The fourth-order valence-electron chi connectivity index (χ4n) is 3.37. The van der Waals surface area contributed by atoms with Crippen LogP contribution in [0.25, 0.3) is 0 Å². The number of hydrogen-bond donors (Lipinski definition) is 2. The summed E-state index contributed by atoms with van der Waals surface area (Å²) in [6.45, 7) is 1.60. The third kappa shape index (κ3) is 0.938. The molecule has 2 aliphatic rings. The minimum absolute atomic E-state index is 0.0612. The van der Waals surface area contributed by atoms with Crippen LogP contribution in [0.1, 0.15) is 26.2 Å². The van der Waals surface area contributed by atoms with Crippen molar-refractivity contribution in [3.05, 3.63) is 0 Å². The molecule has 2 aliphatic carbocycles. The van der Waals surface area contributed by atoms with Gasteiger partial charge in [-0.15, -0.1) is 0 Å². The lowest BCUT2D eigenvalue weighted by atomic mass is 9.67. The second-order valence-electron chi connectivity index (χ2n) is 4.67. The monoisotopic (exact) mass is 198 g/mol. The highest BCUT2D eigenvalue weighted by Gasteiger charge is 2.62. The maximum Gasteiger partial charge on any atom is 0.310 e. The number of fused-ring (bicyclic) bond motifs is 2. The number of carboxylic acids is 2. The zero-order chi connectivity index (χ0) is 10.5. The fourth-order valence-corrected chi connectivity index (χ4v) is 3.37. The van der Waals surface area contributed by atoms with Crippen molar-refractivity contribution in [3.63, 3.8) is 0 Å². The molecule has 78 valence electrons. The first-order chi connectivity index (χ1) is 6.48. The summed E-state index contributed by atoms with van der Waals surface area (Å²) in [6, 6.07) is 0. The van der Waals surface area contributed by atoms with Crippen LogP contribution < -0.4 is 0 Å². The normalized spacial score (nSPS) is 45.4. The Morgan fingerprint density at radius 1 is 1.29 bits per heavy atom. The van der Waals surface area contributed by atoms with Crippen LogP contribution in [0.2, 0.25) is 0 Å². The molecule has 4 heteroatoms. The van der Waals surface area contributed by atoms with E-state index in [9.17, 15) is 9.59 Å². The molecule has 0 aliphatic heterocycles. The smallest absolute Gasteiger partial charge is 0.310 e. The molecule has 2 rings (SSSR count). The lowest BCUT2D eigenvalue weighted by Gasteiger charge is -2.34. The average molecular weight is 198 g/mol. The summed E-state index contributed by atoms with van der Waals surface area (Å²) < 4.78 is 0. The minimum Gasteiger partial charge on any atom is -0.481 e. The molecule has 0 aromatic heterocycles. The summed E-state index contributed by atoms with van der Waals surface area (Å²) in [5.74, 6) is -2.43. The number of rotatable bonds is 2. The van der Waals surface area contributed by atoms with E-state index in [1.807, 2.05) is 0 Å². The molecule has 0 heterocycles. The van der Waals surface area contributed by atoms with Crippen LogP contribution in [0.3, 0.4) is 0 Å². The molecular formula is C10H14O4. The van der Waals surface area contributed by atoms with Gasteiger partial charge in [0.2, 0.25) is 0 Å². The Balaban J connectivity index is 2.39. The molecule has 2 saturated carbocycles. The predicted octanol–water partition coefficient (Wildman–Crippen LogP) is 1.21. The van der Waals surface area contributed by atoms with Gasteiger partial charge in [0.05, 0.1) is 11.3 Å². The van der Waals surface area contributed by atoms with E-state index in [4.69, 9.17) is 10.2 Å². The Bertz CT molecular complexity index is 298. The lowest BCUT2D eigenvalue weighted by Crippen LogP contribution is -2.44. The third-order valence-electron chi connectivity index (χ3n) is 4.17. The molecule has 0 aromatic rings. The zero-order valence-corrected chi connectivity index (χ0v) is 8.06. The van der Waals surface area contributed by atoms with E-state index in [1.165, 1.54) is 0 Å². The average Bonchev–Trinajstić information content (AvgIpc) is 2.61. The van der Waals surface area contributed by atoms with Crippen LogP contribution in [0, 0.1) is 23.2 Å². The van der Waals surface area contributed by atoms with Crippen molar-refractivity contribution in [3.8, 4) is 0 Å². The number of aliphatic carboxylic acids is 2. The highest BCUT2D eigenvalue weighted by molar-refractivity contribution is 5.84. The van der Waals surface area contributed by atoms with Crippen molar-refractivity contribution in [1.82, 2.24) is 0 Å². The van der Waals surface area contributed by atoms with Gasteiger partial charge in [0.1, 0.15) is 0 Å². The Hall–Kier alpha value is -1.06. The van der Waals surface area contributed by atoms with Gasteiger partial charge in [0.15, 0.2) is 0 Å². The van der Waals surface area contributed by atoms with E-state index in [0.717, 1.165) is 19.3 Å². The predicted molar refractivity (Wildman–Crippen MR) is 47.7 cm³/mol. The Labute approximate surface area is 81.9 Å². The van der Waals surface area contributed by atoms with Gasteiger partial charge in [-0.05, 0) is 38.0 Å². The summed E-state index contributed by atoms with van der Waals surface area (Å²) in [5, 5.41) is 18.2. The highest BCUT2D eigenvalue weighted by atomic mass is 16.4. The van der Waals surface area contributed by atoms with Crippen LogP contribution in [-0.4, -0.2) is 22.2 Å². The first-order valence-electron chi connectivity index (χ1n) is 4.94. The van der Waals surface area contributed by atoms with Gasteiger partial charge in [-0.2, -0.15) is 0 Å². The van der Waals surface area contributed by atoms with E-state index < -0.39 is 23.3 Å². The summed E-state index contributed by atoms with van der Waals surface area (Å²) >= 11 is 0. The third-order valence-corrected chi connectivity index (χ3v) is 4.17. The molecule has 2 fully saturated rings. The molecule has 0 saturated heterocycles.